The van der Waals surface area contributed by atoms with E-state index in [0.29, 0.717) is 0 Å². The van der Waals surface area contributed by atoms with Crippen molar-refractivity contribution in [1.82, 2.24) is 14.1 Å². The van der Waals surface area contributed by atoms with E-state index in [-0.39, 0.29) is 5.41 Å². The first-order valence-electron chi connectivity index (χ1n) is 20.1. The number of hydrogen-bond acceptors (Lipinski definition) is 2. The predicted molar refractivity (Wildman–Crippen MR) is 239 cm³/mol. The standard InChI is InChI=1S/C54H40N4O/c1-54(2,3)36-30-31-55-51(32-36)58-49-27-14-13-24-45(49)46-29-28-40(34-50(46)58)59-39-19-15-18-38(33-39)57-35-56(37-16-5-4-6-17-37)52-47-25-11-9-22-43(47)41-20-7-8-21-42(41)44-23-10-12-26-48(44)53(52)57/h4-34H,1-3H3. The van der Waals surface area contributed by atoms with Crippen molar-refractivity contribution in [2.45, 2.75) is 26.2 Å². The number of nitrogens with zero attached hydrogens (tertiary/aromatic N) is 4. The zero-order valence-corrected chi connectivity index (χ0v) is 33.1. The number of benzene rings is 7. The quantitative estimate of drug-likeness (QED) is 0.129. The molecule has 0 bridgehead atoms. The SMILES string of the molecule is CC(C)(C)c1ccnc(-n2c3ccccc3c3ccc(Oc4cccc(-n5[c-][n+](-c6ccccc6)c6c5-c5ccccc5-c5ccccc5-c5ccccc5-6)c4)cc32)c1. The first-order valence-corrected chi connectivity index (χ1v) is 20.1. The summed E-state index contributed by atoms with van der Waals surface area (Å²) < 4.78 is 13.5. The third-order valence-corrected chi connectivity index (χ3v) is 11.6. The molecule has 3 heterocycles. The number of imidazole rings is 1. The Morgan fingerprint density at radius 3 is 1.88 bits per heavy atom. The highest BCUT2D eigenvalue weighted by atomic mass is 16.5. The largest absolute Gasteiger partial charge is 0.458 e. The van der Waals surface area contributed by atoms with Gasteiger partial charge in [0.25, 0.3) is 6.33 Å². The van der Waals surface area contributed by atoms with Crippen molar-refractivity contribution < 1.29 is 9.30 Å². The van der Waals surface area contributed by atoms with Crippen LogP contribution in [0.5, 0.6) is 11.5 Å². The lowest BCUT2D eigenvalue weighted by molar-refractivity contribution is -0.587. The highest BCUT2D eigenvalue weighted by Crippen LogP contribution is 2.47. The molecule has 1 aliphatic carbocycles. The van der Waals surface area contributed by atoms with Crippen molar-refractivity contribution in [1.29, 1.82) is 0 Å². The van der Waals surface area contributed by atoms with Gasteiger partial charge in [-0.05, 0) is 105 Å². The van der Waals surface area contributed by atoms with E-state index in [9.17, 15) is 0 Å². The number of rotatable bonds is 5. The zero-order chi connectivity index (χ0) is 39.7. The van der Waals surface area contributed by atoms with E-state index in [2.05, 4.69) is 217 Å². The summed E-state index contributed by atoms with van der Waals surface area (Å²) in [6.07, 6.45) is 5.74. The van der Waals surface area contributed by atoms with Gasteiger partial charge in [0.2, 0.25) is 0 Å². The fourth-order valence-corrected chi connectivity index (χ4v) is 8.75. The van der Waals surface area contributed by atoms with E-state index in [0.717, 1.165) is 67.6 Å². The molecule has 0 atom stereocenters. The Morgan fingerprint density at radius 1 is 0.525 bits per heavy atom. The molecule has 0 fully saturated rings. The van der Waals surface area contributed by atoms with Crippen LogP contribution in [0.3, 0.4) is 0 Å². The third kappa shape index (κ3) is 5.77. The number of ether oxygens (including phenoxy) is 1. The van der Waals surface area contributed by atoms with Gasteiger partial charge < -0.3 is 4.74 Å². The molecule has 0 aliphatic heterocycles. The Bertz CT molecular complexity index is 3240. The molecule has 7 aromatic carbocycles. The maximum Gasteiger partial charge on any atom is 0.269 e. The van der Waals surface area contributed by atoms with Crippen LogP contribution in [0.1, 0.15) is 26.3 Å². The van der Waals surface area contributed by atoms with Crippen molar-refractivity contribution in [3.05, 3.63) is 200 Å². The second-order valence-corrected chi connectivity index (χ2v) is 16.2. The van der Waals surface area contributed by atoms with Crippen LogP contribution in [0.25, 0.3) is 83.8 Å². The number of fused-ring (bicyclic) bond motifs is 11. The second-order valence-electron chi connectivity index (χ2n) is 16.2. The summed E-state index contributed by atoms with van der Waals surface area (Å²) in [5.41, 5.74) is 14.5. The minimum atomic E-state index is -0.0131. The maximum atomic E-state index is 6.80. The van der Waals surface area contributed by atoms with Crippen molar-refractivity contribution in [3.8, 4) is 73.5 Å². The van der Waals surface area contributed by atoms with Crippen molar-refractivity contribution in [2.24, 2.45) is 0 Å². The normalized spacial score (nSPS) is 12.0. The van der Waals surface area contributed by atoms with Gasteiger partial charge in [-0.15, -0.1) is 0 Å². The van der Waals surface area contributed by atoms with Crippen LogP contribution in [-0.4, -0.2) is 14.1 Å². The van der Waals surface area contributed by atoms with Crippen LogP contribution in [0, 0.1) is 6.33 Å². The van der Waals surface area contributed by atoms with Gasteiger partial charge >= 0.3 is 0 Å². The Balaban J connectivity index is 1.09. The summed E-state index contributed by atoms with van der Waals surface area (Å²) >= 11 is 0. The van der Waals surface area contributed by atoms with Gasteiger partial charge in [-0.3, -0.25) is 13.7 Å². The number of pyridine rings is 1. The summed E-state index contributed by atoms with van der Waals surface area (Å²) in [6.45, 7) is 6.71. The molecule has 0 radical (unpaired) electrons. The Kier molecular flexibility index (Phi) is 7.99. The van der Waals surface area contributed by atoms with Crippen LogP contribution in [-0.2, 0) is 5.41 Å². The summed E-state index contributed by atoms with van der Waals surface area (Å²) in [7, 11) is 0. The summed E-state index contributed by atoms with van der Waals surface area (Å²) in [6, 6.07) is 64.3. The maximum absolute atomic E-state index is 6.80. The van der Waals surface area contributed by atoms with E-state index >= 15 is 0 Å². The van der Waals surface area contributed by atoms with Crippen molar-refractivity contribution >= 4 is 21.8 Å². The molecule has 282 valence electrons. The molecule has 11 rings (SSSR count). The molecule has 3 aromatic heterocycles. The first-order chi connectivity index (χ1) is 28.9. The average Bonchev–Trinajstić information content (AvgIpc) is 3.82. The van der Waals surface area contributed by atoms with E-state index < -0.39 is 0 Å². The monoisotopic (exact) mass is 760 g/mol. The predicted octanol–water partition coefficient (Wildman–Crippen LogP) is 13.1. The fraction of sp³-hybridized carbons (Fsp3) is 0.0741. The van der Waals surface area contributed by atoms with E-state index in [1.54, 1.807) is 0 Å². The van der Waals surface area contributed by atoms with Crippen LogP contribution >= 0.6 is 0 Å². The van der Waals surface area contributed by atoms with Gasteiger partial charge in [0.1, 0.15) is 17.3 Å². The Hall–Kier alpha value is -7.50. The average molecular weight is 761 g/mol. The summed E-state index contributed by atoms with van der Waals surface area (Å²) in [4.78, 5) is 4.88. The molecule has 59 heavy (non-hydrogen) atoms. The van der Waals surface area contributed by atoms with E-state index in [1.165, 1.54) is 33.2 Å². The lowest BCUT2D eigenvalue weighted by Gasteiger charge is -2.23. The lowest BCUT2D eigenvalue weighted by Crippen LogP contribution is -2.31. The molecule has 0 amide bonds. The van der Waals surface area contributed by atoms with Crippen LogP contribution in [0.4, 0.5) is 0 Å². The Morgan fingerprint density at radius 2 is 1.14 bits per heavy atom. The van der Waals surface area contributed by atoms with Gasteiger partial charge in [0.15, 0.2) is 0 Å². The second kappa shape index (κ2) is 13.6. The van der Waals surface area contributed by atoms with Gasteiger partial charge in [0.05, 0.1) is 33.8 Å². The molecule has 0 unspecified atom stereocenters. The number of hydrogen-bond donors (Lipinski definition) is 0. The molecule has 5 heteroatoms. The molecule has 0 N–H and O–H groups in total. The number of para-hydroxylation sites is 2. The molecular formula is C54H40N4O. The summed E-state index contributed by atoms with van der Waals surface area (Å²) in [5, 5.41) is 2.33. The third-order valence-electron chi connectivity index (χ3n) is 11.6. The molecule has 0 spiro atoms. The molecule has 10 aromatic rings. The van der Waals surface area contributed by atoms with Crippen LogP contribution in [0.15, 0.2) is 188 Å². The minimum Gasteiger partial charge on any atom is -0.458 e. The highest BCUT2D eigenvalue weighted by molar-refractivity contribution is 6.09. The molecule has 1 aliphatic rings. The van der Waals surface area contributed by atoms with Gasteiger partial charge in [-0.25, -0.2) is 4.98 Å². The molecular weight excluding hydrogens is 721 g/mol. The van der Waals surface area contributed by atoms with Gasteiger partial charge in [-0.2, -0.15) is 0 Å². The molecule has 0 saturated carbocycles. The highest BCUT2D eigenvalue weighted by Gasteiger charge is 2.29. The Labute approximate surface area is 343 Å². The van der Waals surface area contributed by atoms with Crippen LogP contribution in [0.2, 0.25) is 0 Å². The number of aromatic nitrogens is 4. The van der Waals surface area contributed by atoms with E-state index in [1.807, 2.05) is 12.3 Å². The van der Waals surface area contributed by atoms with Crippen LogP contribution < -0.4 is 9.30 Å². The molecule has 0 saturated heterocycles. The van der Waals surface area contributed by atoms with E-state index in [4.69, 9.17) is 9.72 Å². The van der Waals surface area contributed by atoms with Crippen molar-refractivity contribution in [2.75, 3.05) is 0 Å². The zero-order valence-electron chi connectivity index (χ0n) is 33.1. The van der Waals surface area contributed by atoms with Gasteiger partial charge in [-0.1, -0.05) is 136 Å². The topological polar surface area (TPSA) is 35.9 Å². The van der Waals surface area contributed by atoms with Crippen molar-refractivity contribution in [3.63, 3.8) is 0 Å². The fourth-order valence-electron chi connectivity index (χ4n) is 8.75. The lowest BCUT2D eigenvalue weighted by atomic mass is 9.84. The molecule has 5 nitrogen and oxygen atoms in total. The minimum absolute atomic E-state index is 0.0131. The van der Waals surface area contributed by atoms with Gasteiger partial charge in [0, 0.05) is 23.0 Å². The summed E-state index contributed by atoms with van der Waals surface area (Å²) in [5.74, 6) is 2.36. The first kappa shape index (κ1) is 34.7. The smallest absolute Gasteiger partial charge is 0.269 e.